The van der Waals surface area contributed by atoms with Gasteiger partial charge in [0.15, 0.2) is 0 Å². The first-order valence-corrected chi connectivity index (χ1v) is 4.20. The molecule has 0 aromatic heterocycles. The van der Waals surface area contributed by atoms with E-state index < -0.39 is 0 Å². The van der Waals surface area contributed by atoms with Crippen LogP contribution in [0.5, 0.6) is 0 Å². The van der Waals surface area contributed by atoms with Gasteiger partial charge in [-0.05, 0) is 12.1 Å². The zero-order chi connectivity index (χ0) is 9.36. The fourth-order valence-electron chi connectivity index (χ4n) is 0.838. The summed E-state index contributed by atoms with van der Waals surface area (Å²) in [7, 11) is 0. The highest BCUT2D eigenvalue weighted by molar-refractivity contribution is 5.85. The van der Waals surface area contributed by atoms with Gasteiger partial charge in [0.25, 0.3) is 0 Å². The van der Waals surface area contributed by atoms with Crippen LogP contribution in [0.15, 0.2) is 66.7 Å². The summed E-state index contributed by atoms with van der Waals surface area (Å²) >= 11 is 0. The third-order valence-electron chi connectivity index (χ3n) is 1.47. The van der Waals surface area contributed by atoms with E-state index in [1.54, 1.807) is 0 Å². The molecule has 0 spiro atoms. The summed E-state index contributed by atoms with van der Waals surface area (Å²) in [6, 6.07) is 21.5. The lowest BCUT2D eigenvalue weighted by atomic mass is 10.3. The van der Waals surface area contributed by atoms with Crippen molar-refractivity contribution in [2.45, 2.75) is 0 Å². The molecule has 0 aliphatic heterocycles. The second-order valence-electron chi connectivity index (χ2n) is 2.57. The molecule has 14 heavy (non-hydrogen) atoms. The SMILES string of the molecule is Cl.Nc1ccccc1.c1ccccc1. The van der Waals surface area contributed by atoms with Gasteiger partial charge in [-0.2, -0.15) is 0 Å². The van der Waals surface area contributed by atoms with E-state index in [0.29, 0.717) is 0 Å². The Hall–Kier alpha value is -1.47. The summed E-state index contributed by atoms with van der Waals surface area (Å²) in [5.74, 6) is 0. The summed E-state index contributed by atoms with van der Waals surface area (Å²) in [4.78, 5) is 0. The standard InChI is InChI=1S/C6H7N.C6H6.ClH/c7-6-4-2-1-3-5-6;1-2-4-6-5-3-1;/h1-5H,7H2;1-6H;1H. The predicted molar refractivity (Wildman–Crippen MR) is 64.5 cm³/mol. The van der Waals surface area contributed by atoms with Gasteiger partial charge in [-0.25, -0.2) is 0 Å². The Morgan fingerprint density at radius 1 is 0.571 bits per heavy atom. The van der Waals surface area contributed by atoms with Crippen LogP contribution < -0.4 is 5.73 Å². The molecule has 0 atom stereocenters. The minimum Gasteiger partial charge on any atom is -0.399 e. The first-order valence-electron chi connectivity index (χ1n) is 4.20. The summed E-state index contributed by atoms with van der Waals surface area (Å²) in [5.41, 5.74) is 6.18. The first-order chi connectivity index (χ1) is 6.39. The minimum absolute atomic E-state index is 0. The maximum atomic E-state index is 5.36. The number of hydrogen-bond donors (Lipinski definition) is 1. The Balaban J connectivity index is 0.000000227. The largest absolute Gasteiger partial charge is 0.399 e. The molecule has 0 heterocycles. The van der Waals surface area contributed by atoms with E-state index in [-0.39, 0.29) is 12.4 Å². The van der Waals surface area contributed by atoms with E-state index in [0.717, 1.165) is 5.69 Å². The molecule has 0 unspecified atom stereocenters. The Bertz CT molecular complexity index is 281. The van der Waals surface area contributed by atoms with E-state index in [4.69, 9.17) is 5.73 Å². The van der Waals surface area contributed by atoms with Crippen LogP contribution in [-0.4, -0.2) is 0 Å². The second-order valence-corrected chi connectivity index (χ2v) is 2.57. The Morgan fingerprint density at radius 2 is 0.857 bits per heavy atom. The molecule has 0 aliphatic rings. The highest BCUT2D eigenvalue weighted by Crippen LogP contribution is 1.95. The Labute approximate surface area is 91.0 Å². The van der Waals surface area contributed by atoms with Gasteiger partial charge >= 0.3 is 0 Å². The van der Waals surface area contributed by atoms with E-state index in [1.807, 2.05) is 66.7 Å². The molecule has 0 amide bonds. The fourth-order valence-corrected chi connectivity index (χ4v) is 0.838. The zero-order valence-corrected chi connectivity index (χ0v) is 8.65. The van der Waals surface area contributed by atoms with Crippen molar-refractivity contribution in [1.82, 2.24) is 0 Å². The highest BCUT2D eigenvalue weighted by atomic mass is 35.5. The fraction of sp³-hybridized carbons (Fsp3) is 0. The molecule has 2 aromatic rings. The molecule has 2 heteroatoms. The number of rotatable bonds is 0. The summed E-state index contributed by atoms with van der Waals surface area (Å²) in [6.07, 6.45) is 0. The third-order valence-corrected chi connectivity index (χ3v) is 1.47. The van der Waals surface area contributed by atoms with Gasteiger partial charge < -0.3 is 5.73 Å². The van der Waals surface area contributed by atoms with Gasteiger partial charge in [-0.1, -0.05) is 54.6 Å². The van der Waals surface area contributed by atoms with Crippen LogP contribution in [0.1, 0.15) is 0 Å². The average molecular weight is 208 g/mol. The molecule has 74 valence electrons. The van der Waals surface area contributed by atoms with Crippen LogP contribution in [0.25, 0.3) is 0 Å². The van der Waals surface area contributed by atoms with Crippen molar-refractivity contribution < 1.29 is 0 Å². The molecule has 2 N–H and O–H groups in total. The van der Waals surface area contributed by atoms with Crippen molar-refractivity contribution in [2.24, 2.45) is 0 Å². The maximum Gasteiger partial charge on any atom is 0.0313 e. The molecule has 1 nitrogen and oxygen atoms in total. The monoisotopic (exact) mass is 207 g/mol. The molecule has 0 fully saturated rings. The predicted octanol–water partition coefficient (Wildman–Crippen LogP) is 3.38. The van der Waals surface area contributed by atoms with E-state index >= 15 is 0 Å². The number of benzene rings is 2. The van der Waals surface area contributed by atoms with Gasteiger partial charge in [-0.15, -0.1) is 12.4 Å². The molecule has 0 bridgehead atoms. The van der Waals surface area contributed by atoms with Crippen molar-refractivity contribution in [3.8, 4) is 0 Å². The average Bonchev–Trinajstić information content (AvgIpc) is 2.22. The molecule has 0 saturated heterocycles. The quantitative estimate of drug-likeness (QED) is 0.659. The number of halogens is 1. The van der Waals surface area contributed by atoms with Gasteiger partial charge in [-0.3, -0.25) is 0 Å². The Kier molecular flexibility index (Phi) is 7.29. The van der Waals surface area contributed by atoms with Crippen LogP contribution in [0.2, 0.25) is 0 Å². The van der Waals surface area contributed by atoms with Crippen molar-refractivity contribution in [3.63, 3.8) is 0 Å². The Morgan fingerprint density at radius 3 is 1.07 bits per heavy atom. The zero-order valence-electron chi connectivity index (χ0n) is 7.84. The minimum atomic E-state index is 0. The van der Waals surface area contributed by atoms with Gasteiger partial charge in [0, 0.05) is 5.69 Å². The third kappa shape index (κ3) is 6.09. The van der Waals surface area contributed by atoms with Gasteiger partial charge in [0.05, 0.1) is 0 Å². The van der Waals surface area contributed by atoms with Crippen molar-refractivity contribution in [1.29, 1.82) is 0 Å². The number of nitrogens with two attached hydrogens (primary N) is 1. The maximum absolute atomic E-state index is 5.36. The van der Waals surface area contributed by atoms with E-state index in [1.165, 1.54) is 0 Å². The molecule has 0 radical (unpaired) electrons. The number of anilines is 1. The summed E-state index contributed by atoms with van der Waals surface area (Å²) in [5, 5.41) is 0. The van der Waals surface area contributed by atoms with Crippen LogP contribution in [0.3, 0.4) is 0 Å². The van der Waals surface area contributed by atoms with Crippen LogP contribution in [0, 0.1) is 0 Å². The van der Waals surface area contributed by atoms with Crippen molar-refractivity contribution in [3.05, 3.63) is 66.7 Å². The number of hydrogen-bond acceptors (Lipinski definition) is 1. The molecule has 0 aliphatic carbocycles. The normalized spacial score (nSPS) is 7.71. The van der Waals surface area contributed by atoms with Crippen LogP contribution >= 0.6 is 12.4 Å². The first kappa shape index (κ1) is 12.5. The lowest BCUT2D eigenvalue weighted by molar-refractivity contribution is 1.69. The molecular weight excluding hydrogens is 194 g/mol. The number of nitrogen functional groups attached to an aromatic ring is 1. The lowest BCUT2D eigenvalue weighted by Crippen LogP contribution is -1.79. The molecule has 2 aromatic carbocycles. The topological polar surface area (TPSA) is 26.0 Å². The smallest absolute Gasteiger partial charge is 0.0313 e. The molecule has 2 rings (SSSR count). The molecule has 0 saturated carbocycles. The summed E-state index contributed by atoms with van der Waals surface area (Å²) in [6.45, 7) is 0. The van der Waals surface area contributed by atoms with Crippen molar-refractivity contribution >= 4 is 18.1 Å². The lowest BCUT2D eigenvalue weighted by Gasteiger charge is -1.83. The van der Waals surface area contributed by atoms with E-state index in [9.17, 15) is 0 Å². The van der Waals surface area contributed by atoms with Gasteiger partial charge in [0.1, 0.15) is 0 Å². The highest BCUT2D eigenvalue weighted by Gasteiger charge is 1.72. The van der Waals surface area contributed by atoms with E-state index in [2.05, 4.69) is 0 Å². The van der Waals surface area contributed by atoms with Crippen LogP contribution in [0.4, 0.5) is 5.69 Å². The molecular formula is C12H14ClN. The van der Waals surface area contributed by atoms with Gasteiger partial charge in [0.2, 0.25) is 0 Å². The number of para-hydroxylation sites is 1. The summed E-state index contributed by atoms with van der Waals surface area (Å²) < 4.78 is 0. The second kappa shape index (κ2) is 8.14. The van der Waals surface area contributed by atoms with Crippen LogP contribution in [-0.2, 0) is 0 Å². The van der Waals surface area contributed by atoms with Crippen molar-refractivity contribution in [2.75, 3.05) is 5.73 Å².